The molecule has 0 aromatic rings. The number of rotatable bonds is 2. The maximum absolute atomic E-state index is 8.52. The minimum atomic E-state index is 0. The van der Waals surface area contributed by atoms with E-state index in [0.717, 1.165) is 0 Å². The molecule has 0 aliphatic carbocycles. The Hall–Kier alpha value is 0.210. The summed E-state index contributed by atoms with van der Waals surface area (Å²) in [6, 6.07) is 0.113. The summed E-state index contributed by atoms with van der Waals surface area (Å²) in [5.74, 6) is 0. The van der Waals surface area contributed by atoms with Crippen LogP contribution < -0.4 is 5.73 Å². The van der Waals surface area contributed by atoms with Crippen LogP contribution in [0.3, 0.4) is 0 Å². The van der Waals surface area contributed by atoms with Gasteiger partial charge >= 0.3 is 0 Å². The summed E-state index contributed by atoms with van der Waals surface area (Å²) in [4.78, 5) is 0. The van der Waals surface area contributed by atoms with E-state index in [9.17, 15) is 0 Å². The van der Waals surface area contributed by atoms with Gasteiger partial charge in [0.2, 0.25) is 0 Å². The molecule has 0 radical (unpaired) electrons. The lowest BCUT2D eigenvalue weighted by Gasteiger charge is -2.26. The Kier molecular flexibility index (Phi) is 6.35. The lowest BCUT2D eigenvalue weighted by molar-refractivity contribution is 0.225. The molecule has 3 heteroatoms. The van der Waals surface area contributed by atoms with Crippen LogP contribution >= 0.6 is 12.4 Å². The van der Waals surface area contributed by atoms with Crippen LogP contribution in [-0.4, -0.2) is 17.8 Å². The Bertz CT molecular complexity index is 80.2. The number of halogens is 1. The second kappa shape index (κ2) is 4.94. The highest BCUT2D eigenvalue weighted by Gasteiger charge is 2.19. The molecule has 0 aliphatic rings. The molecule has 0 aromatic carbocycles. The van der Waals surface area contributed by atoms with Crippen molar-refractivity contribution >= 4 is 12.4 Å². The van der Waals surface area contributed by atoms with Gasteiger partial charge in [0.05, 0.1) is 0 Å². The summed E-state index contributed by atoms with van der Waals surface area (Å²) >= 11 is 0. The minimum absolute atomic E-state index is 0. The molecule has 0 rings (SSSR count). The maximum atomic E-state index is 8.52. The van der Waals surface area contributed by atoms with Gasteiger partial charge in [0.1, 0.15) is 0 Å². The predicted molar refractivity (Wildman–Crippen MR) is 46.4 cm³/mol. The van der Waals surface area contributed by atoms with Crippen molar-refractivity contribution in [2.75, 3.05) is 6.61 Å². The molecular formula is C7H18ClNO. The first-order chi connectivity index (χ1) is 3.98. The molecule has 0 spiro atoms. The van der Waals surface area contributed by atoms with Crippen LogP contribution in [0.1, 0.15) is 27.2 Å². The molecule has 10 heavy (non-hydrogen) atoms. The molecule has 0 aliphatic heterocycles. The van der Waals surface area contributed by atoms with Gasteiger partial charge in [-0.15, -0.1) is 12.4 Å². The average molecular weight is 168 g/mol. The largest absolute Gasteiger partial charge is 0.396 e. The zero-order valence-corrected chi connectivity index (χ0v) is 7.74. The molecule has 0 saturated carbocycles. The molecule has 1 atom stereocenters. The molecule has 0 fully saturated rings. The first-order valence-electron chi connectivity index (χ1n) is 3.35. The zero-order valence-electron chi connectivity index (χ0n) is 6.92. The van der Waals surface area contributed by atoms with E-state index in [1.807, 2.05) is 0 Å². The molecule has 2 nitrogen and oxygen atoms in total. The van der Waals surface area contributed by atoms with Crippen molar-refractivity contribution in [2.45, 2.75) is 33.2 Å². The van der Waals surface area contributed by atoms with Crippen molar-refractivity contribution in [1.29, 1.82) is 0 Å². The standard InChI is InChI=1S/C7H17NO.ClH/c1-7(2,3)6(8)4-5-9;/h6,9H,4-5,8H2,1-3H3;1H. The third kappa shape index (κ3) is 5.03. The third-order valence-corrected chi connectivity index (χ3v) is 1.55. The van der Waals surface area contributed by atoms with Crippen LogP contribution in [0.4, 0.5) is 0 Å². The van der Waals surface area contributed by atoms with Crippen LogP contribution in [0, 0.1) is 5.41 Å². The van der Waals surface area contributed by atoms with Crippen molar-refractivity contribution in [3.8, 4) is 0 Å². The zero-order chi connectivity index (χ0) is 7.49. The van der Waals surface area contributed by atoms with Gasteiger partial charge in [-0.2, -0.15) is 0 Å². The molecule has 0 heterocycles. The number of hydrogen-bond donors (Lipinski definition) is 2. The van der Waals surface area contributed by atoms with Crippen LogP contribution in [0.5, 0.6) is 0 Å². The number of hydrogen-bond acceptors (Lipinski definition) is 2. The Morgan fingerprint density at radius 2 is 1.80 bits per heavy atom. The summed E-state index contributed by atoms with van der Waals surface area (Å²) in [6.07, 6.45) is 0.698. The fourth-order valence-corrected chi connectivity index (χ4v) is 0.572. The van der Waals surface area contributed by atoms with Gasteiger partial charge in [0, 0.05) is 12.6 Å². The van der Waals surface area contributed by atoms with Crippen molar-refractivity contribution in [2.24, 2.45) is 11.1 Å². The molecule has 3 N–H and O–H groups in total. The molecule has 0 aromatic heterocycles. The lowest BCUT2D eigenvalue weighted by atomic mass is 9.86. The summed E-state index contributed by atoms with van der Waals surface area (Å²) < 4.78 is 0. The number of nitrogens with two attached hydrogens (primary N) is 1. The lowest BCUT2D eigenvalue weighted by Crippen LogP contribution is -2.35. The Labute approximate surface area is 69.2 Å². The van der Waals surface area contributed by atoms with E-state index < -0.39 is 0 Å². The SMILES string of the molecule is CC(C)(C)C(N)CCO.Cl. The van der Waals surface area contributed by atoms with Gasteiger partial charge in [-0.05, 0) is 11.8 Å². The van der Waals surface area contributed by atoms with Crippen LogP contribution in [0.2, 0.25) is 0 Å². The topological polar surface area (TPSA) is 46.2 Å². The van der Waals surface area contributed by atoms with E-state index in [0.29, 0.717) is 6.42 Å². The van der Waals surface area contributed by atoms with Crippen LogP contribution in [-0.2, 0) is 0 Å². The Morgan fingerprint density at radius 1 is 1.40 bits per heavy atom. The van der Waals surface area contributed by atoms with Gasteiger partial charge in [0.25, 0.3) is 0 Å². The summed E-state index contributed by atoms with van der Waals surface area (Å²) in [6.45, 7) is 6.42. The van der Waals surface area contributed by atoms with E-state index in [2.05, 4.69) is 20.8 Å². The van der Waals surface area contributed by atoms with Gasteiger partial charge in [-0.25, -0.2) is 0 Å². The molecule has 64 valence electrons. The quantitative estimate of drug-likeness (QED) is 0.649. The Morgan fingerprint density at radius 3 is 1.90 bits per heavy atom. The van der Waals surface area contributed by atoms with Gasteiger partial charge < -0.3 is 10.8 Å². The average Bonchev–Trinajstić information content (AvgIpc) is 1.64. The summed E-state index contributed by atoms with van der Waals surface area (Å²) in [5, 5.41) is 8.52. The van der Waals surface area contributed by atoms with E-state index in [-0.39, 0.29) is 30.5 Å². The van der Waals surface area contributed by atoms with Crippen molar-refractivity contribution < 1.29 is 5.11 Å². The second-order valence-electron chi connectivity index (χ2n) is 3.48. The number of aliphatic hydroxyl groups is 1. The molecule has 1 unspecified atom stereocenters. The molecular weight excluding hydrogens is 150 g/mol. The normalized spacial score (nSPS) is 14.1. The Balaban J connectivity index is 0. The summed E-state index contributed by atoms with van der Waals surface area (Å²) in [7, 11) is 0. The highest BCUT2D eigenvalue weighted by Crippen LogP contribution is 2.18. The van der Waals surface area contributed by atoms with E-state index in [1.165, 1.54) is 0 Å². The third-order valence-electron chi connectivity index (χ3n) is 1.55. The fourth-order valence-electron chi connectivity index (χ4n) is 0.572. The van der Waals surface area contributed by atoms with E-state index in [4.69, 9.17) is 10.8 Å². The van der Waals surface area contributed by atoms with Crippen molar-refractivity contribution in [1.82, 2.24) is 0 Å². The fraction of sp³-hybridized carbons (Fsp3) is 1.00. The predicted octanol–water partition coefficient (Wildman–Crippen LogP) is 1.16. The number of aliphatic hydroxyl groups excluding tert-OH is 1. The maximum Gasteiger partial charge on any atom is 0.0445 e. The molecule has 0 saturated heterocycles. The second-order valence-corrected chi connectivity index (χ2v) is 3.48. The highest BCUT2D eigenvalue weighted by atomic mass is 35.5. The first kappa shape index (κ1) is 12.8. The van der Waals surface area contributed by atoms with E-state index >= 15 is 0 Å². The highest BCUT2D eigenvalue weighted by molar-refractivity contribution is 5.85. The van der Waals surface area contributed by atoms with Crippen LogP contribution in [0.15, 0.2) is 0 Å². The molecule has 0 amide bonds. The smallest absolute Gasteiger partial charge is 0.0445 e. The van der Waals surface area contributed by atoms with Gasteiger partial charge in [-0.3, -0.25) is 0 Å². The van der Waals surface area contributed by atoms with Crippen molar-refractivity contribution in [3.05, 3.63) is 0 Å². The van der Waals surface area contributed by atoms with E-state index in [1.54, 1.807) is 0 Å². The van der Waals surface area contributed by atoms with Crippen molar-refractivity contribution in [3.63, 3.8) is 0 Å². The molecule has 0 bridgehead atoms. The summed E-state index contributed by atoms with van der Waals surface area (Å²) in [5.41, 5.74) is 5.83. The van der Waals surface area contributed by atoms with Crippen LogP contribution in [0.25, 0.3) is 0 Å². The minimum Gasteiger partial charge on any atom is -0.396 e. The van der Waals surface area contributed by atoms with Gasteiger partial charge in [0.15, 0.2) is 0 Å². The van der Waals surface area contributed by atoms with Gasteiger partial charge in [-0.1, -0.05) is 20.8 Å². The monoisotopic (exact) mass is 167 g/mol. The first-order valence-corrected chi connectivity index (χ1v) is 3.35.